The highest BCUT2D eigenvalue weighted by molar-refractivity contribution is 7.91. The lowest BCUT2D eigenvalue weighted by Gasteiger charge is -2.27. The minimum Gasteiger partial charge on any atom is -0.491 e. The molecule has 1 fully saturated rings. The van der Waals surface area contributed by atoms with Gasteiger partial charge in [0.05, 0.1) is 11.4 Å². The molecule has 1 amide bonds. The summed E-state index contributed by atoms with van der Waals surface area (Å²) in [4.78, 5) is 20.4. The van der Waals surface area contributed by atoms with Gasteiger partial charge in [-0.2, -0.15) is 0 Å². The highest BCUT2D eigenvalue weighted by Gasteiger charge is 2.37. The van der Waals surface area contributed by atoms with Crippen molar-refractivity contribution in [3.63, 3.8) is 0 Å². The third-order valence-electron chi connectivity index (χ3n) is 4.73. The maximum Gasteiger partial charge on any atom is 0.247 e. The van der Waals surface area contributed by atoms with Crippen molar-refractivity contribution in [2.45, 2.75) is 56.0 Å². The van der Waals surface area contributed by atoms with Gasteiger partial charge in [-0.05, 0) is 63.4 Å². The van der Waals surface area contributed by atoms with Crippen molar-refractivity contribution in [3.05, 3.63) is 42.7 Å². The molecular formula is C20H25N3O4S. The molecular weight excluding hydrogens is 378 g/mol. The van der Waals surface area contributed by atoms with Crippen LogP contribution in [0.25, 0.3) is 0 Å². The van der Waals surface area contributed by atoms with Gasteiger partial charge in [-0.15, -0.1) is 0 Å². The van der Waals surface area contributed by atoms with E-state index >= 15 is 0 Å². The number of anilines is 1. The molecule has 7 nitrogen and oxygen atoms in total. The van der Waals surface area contributed by atoms with E-state index < -0.39 is 15.1 Å². The predicted octanol–water partition coefficient (Wildman–Crippen LogP) is 3.24. The number of rotatable bonds is 6. The summed E-state index contributed by atoms with van der Waals surface area (Å²) in [6.45, 7) is 3.90. The second kappa shape index (κ2) is 8.68. The molecule has 3 rings (SSSR count). The lowest BCUT2D eigenvalue weighted by Crippen LogP contribution is -2.34. The zero-order chi connectivity index (χ0) is 20.1. The molecule has 0 bridgehead atoms. The van der Waals surface area contributed by atoms with Gasteiger partial charge in [0.25, 0.3) is 0 Å². The molecule has 0 spiro atoms. The Kier molecular flexibility index (Phi) is 6.28. The van der Waals surface area contributed by atoms with E-state index in [1.807, 2.05) is 13.8 Å². The minimum absolute atomic E-state index is 0.0788. The fraction of sp³-hybridized carbons (Fsp3) is 0.450. The molecule has 0 saturated heterocycles. The number of amides is 1. The number of ether oxygens (including phenoxy) is 1. The molecule has 1 aromatic heterocycles. The Bertz CT molecular complexity index is 899. The number of hydrogen-bond donors (Lipinski definition) is 1. The SMILES string of the molecule is CC(C)Oc1ccc(NC(=O)[C@@H]2CCC[C@@H](S(=O)(=O)c3ncccn3)C2)cc1. The lowest BCUT2D eigenvalue weighted by molar-refractivity contribution is -0.120. The second-order valence-electron chi connectivity index (χ2n) is 7.24. The second-order valence-corrected chi connectivity index (χ2v) is 9.36. The topological polar surface area (TPSA) is 98.2 Å². The van der Waals surface area contributed by atoms with Crippen molar-refractivity contribution in [3.8, 4) is 5.75 Å². The van der Waals surface area contributed by atoms with Crippen molar-refractivity contribution in [2.75, 3.05) is 5.32 Å². The largest absolute Gasteiger partial charge is 0.491 e. The average Bonchev–Trinajstić information content (AvgIpc) is 2.70. The van der Waals surface area contributed by atoms with Crippen LogP contribution in [0.1, 0.15) is 39.5 Å². The average molecular weight is 404 g/mol. The maximum absolute atomic E-state index is 12.8. The number of nitrogens with zero attached hydrogens (tertiary/aromatic N) is 2. The number of nitrogens with one attached hydrogen (secondary N) is 1. The standard InChI is InChI=1S/C20H25N3O4S/c1-14(2)27-17-9-7-16(8-10-17)23-19(24)15-5-3-6-18(13-15)28(25,26)20-21-11-4-12-22-20/h4,7-12,14-15,18H,3,5-6,13H2,1-2H3,(H,23,24)/t15-,18-/m1/s1. The van der Waals surface area contributed by atoms with E-state index in [0.29, 0.717) is 24.9 Å². The molecule has 1 saturated carbocycles. The van der Waals surface area contributed by atoms with Crippen molar-refractivity contribution < 1.29 is 17.9 Å². The van der Waals surface area contributed by atoms with E-state index in [9.17, 15) is 13.2 Å². The predicted molar refractivity (Wildman–Crippen MR) is 106 cm³/mol. The Balaban J connectivity index is 1.64. The smallest absolute Gasteiger partial charge is 0.247 e. The molecule has 1 aromatic carbocycles. The number of hydrogen-bond acceptors (Lipinski definition) is 6. The summed E-state index contributed by atoms with van der Waals surface area (Å²) in [5.41, 5.74) is 0.664. The minimum atomic E-state index is -3.64. The van der Waals surface area contributed by atoms with Crippen LogP contribution in [0.3, 0.4) is 0 Å². The van der Waals surface area contributed by atoms with Crippen molar-refractivity contribution >= 4 is 21.4 Å². The van der Waals surface area contributed by atoms with Crippen LogP contribution in [-0.4, -0.2) is 35.6 Å². The van der Waals surface area contributed by atoms with Gasteiger partial charge in [-0.1, -0.05) is 6.42 Å². The van der Waals surface area contributed by atoms with Crippen LogP contribution >= 0.6 is 0 Å². The Morgan fingerprint density at radius 2 is 1.82 bits per heavy atom. The summed E-state index contributed by atoms with van der Waals surface area (Å²) in [5, 5.41) is 2.08. The van der Waals surface area contributed by atoms with Crippen LogP contribution in [0.2, 0.25) is 0 Å². The van der Waals surface area contributed by atoms with Crippen LogP contribution in [-0.2, 0) is 14.6 Å². The van der Waals surface area contributed by atoms with Gasteiger partial charge in [0.15, 0.2) is 0 Å². The van der Waals surface area contributed by atoms with Gasteiger partial charge < -0.3 is 10.1 Å². The van der Waals surface area contributed by atoms with Crippen molar-refractivity contribution in [1.82, 2.24) is 9.97 Å². The van der Waals surface area contributed by atoms with Crippen molar-refractivity contribution in [2.24, 2.45) is 5.92 Å². The van der Waals surface area contributed by atoms with Crippen LogP contribution in [0.15, 0.2) is 47.9 Å². The summed E-state index contributed by atoms with van der Waals surface area (Å²) >= 11 is 0. The van der Waals surface area contributed by atoms with Crippen LogP contribution < -0.4 is 10.1 Å². The molecule has 2 aromatic rings. The summed E-state index contributed by atoms with van der Waals surface area (Å²) in [7, 11) is -3.64. The van der Waals surface area contributed by atoms with Gasteiger partial charge in [0.1, 0.15) is 5.75 Å². The van der Waals surface area contributed by atoms with E-state index in [1.165, 1.54) is 12.4 Å². The molecule has 2 atom stereocenters. The van der Waals surface area contributed by atoms with E-state index in [0.717, 1.165) is 5.75 Å². The Morgan fingerprint density at radius 3 is 2.46 bits per heavy atom. The van der Waals surface area contributed by atoms with Crippen LogP contribution in [0, 0.1) is 5.92 Å². The fourth-order valence-corrected chi connectivity index (χ4v) is 5.06. The van der Waals surface area contributed by atoms with E-state index in [2.05, 4.69) is 15.3 Å². The zero-order valence-electron chi connectivity index (χ0n) is 16.0. The fourth-order valence-electron chi connectivity index (χ4n) is 3.38. The van der Waals surface area contributed by atoms with Gasteiger partial charge in [0, 0.05) is 24.0 Å². The molecule has 1 aliphatic carbocycles. The normalized spacial score (nSPS) is 20.0. The molecule has 150 valence electrons. The number of carbonyl (C=O) groups is 1. The molecule has 0 unspecified atom stereocenters. The van der Waals surface area contributed by atoms with Gasteiger partial charge in [-0.3, -0.25) is 4.79 Å². The third kappa shape index (κ3) is 4.86. The highest BCUT2D eigenvalue weighted by Crippen LogP contribution is 2.32. The number of aromatic nitrogens is 2. The number of sulfone groups is 1. The first-order chi connectivity index (χ1) is 13.4. The van der Waals surface area contributed by atoms with E-state index in [1.54, 1.807) is 30.3 Å². The molecule has 28 heavy (non-hydrogen) atoms. The molecule has 1 aliphatic rings. The zero-order valence-corrected chi connectivity index (χ0v) is 16.9. The van der Waals surface area contributed by atoms with Gasteiger partial charge >= 0.3 is 0 Å². The highest BCUT2D eigenvalue weighted by atomic mass is 32.2. The quantitative estimate of drug-likeness (QED) is 0.744. The third-order valence-corrected chi connectivity index (χ3v) is 6.75. The van der Waals surface area contributed by atoms with Crippen molar-refractivity contribution in [1.29, 1.82) is 0 Å². The molecule has 8 heteroatoms. The molecule has 0 radical (unpaired) electrons. The number of benzene rings is 1. The summed E-state index contributed by atoms with van der Waals surface area (Å²) in [6, 6.07) is 8.75. The lowest BCUT2D eigenvalue weighted by atomic mass is 9.88. The van der Waals surface area contributed by atoms with E-state index in [-0.39, 0.29) is 29.5 Å². The summed E-state index contributed by atoms with van der Waals surface area (Å²) < 4.78 is 31.1. The molecule has 0 aliphatic heterocycles. The first kappa shape index (κ1) is 20.3. The molecule has 1 heterocycles. The van der Waals surface area contributed by atoms with Crippen LogP contribution in [0.4, 0.5) is 5.69 Å². The Labute approximate surface area is 165 Å². The Morgan fingerprint density at radius 1 is 1.14 bits per heavy atom. The first-order valence-electron chi connectivity index (χ1n) is 9.45. The van der Waals surface area contributed by atoms with Gasteiger partial charge in [0.2, 0.25) is 20.9 Å². The van der Waals surface area contributed by atoms with Crippen LogP contribution in [0.5, 0.6) is 5.75 Å². The summed E-state index contributed by atoms with van der Waals surface area (Å²) in [6.07, 6.45) is 5.05. The first-order valence-corrected chi connectivity index (χ1v) is 11.0. The van der Waals surface area contributed by atoms with E-state index in [4.69, 9.17) is 4.74 Å². The Hall–Kier alpha value is -2.48. The summed E-state index contributed by atoms with van der Waals surface area (Å²) in [5.74, 6) is 0.218. The van der Waals surface area contributed by atoms with Gasteiger partial charge in [-0.25, -0.2) is 18.4 Å². The maximum atomic E-state index is 12.8. The monoisotopic (exact) mass is 403 g/mol. The number of carbonyl (C=O) groups excluding carboxylic acids is 1. The molecule has 1 N–H and O–H groups in total.